The molecule has 1 heterocycles. The first kappa shape index (κ1) is 16.9. The summed E-state index contributed by atoms with van der Waals surface area (Å²) in [6, 6.07) is -0.566. The molecule has 0 bridgehead atoms. The summed E-state index contributed by atoms with van der Waals surface area (Å²) in [7, 11) is 1.77. The van der Waals surface area contributed by atoms with Crippen LogP contribution in [-0.4, -0.2) is 56.1 Å². The molecule has 0 spiro atoms. The van der Waals surface area contributed by atoms with Crippen molar-refractivity contribution in [3.8, 4) is 0 Å². The van der Waals surface area contributed by atoms with Crippen LogP contribution in [0.1, 0.15) is 26.7 Å². The van der Waals surface area contributed by atoms with E-state index >= 15 is 0 Å². The van der Waals surface area contributed by atoms with Crippen molar-refractivity contribution in [3.63, 3.8) is 0 Å². The Hall–Kier alpha value is -1.14. The van der Waals surface area contributed by atoms with Crippen LogP contribution < -0.4 is 11.1 Å². The van der Waals surface area contributed by atoms with Crippen LogP contribution in [0.15, 0.2) is 0 Å². The molecule has 6 nitrogen and oxygen atoms in total. The second kappa shape index (κ2) is 8.21. The molecule has 1 rings (SSSR count). The van der Waals surface area contributed by atoms with E-state index in [9.17, 15) is 9.59 Å². The number of carbonyl (C=O) groups excluding carboxylic acids is 2. The van der Waals surface area contributed by atoms with Crippen LogP contribution in [0, 0.1) is 11.8 Å². The van der Waals surface area contributed by atoms with E-state index in [0.29, 0.717) is 12.5 Å². The third-order valence-electron chi connectivity index (χ3n) is 3.73. The summed E-state index contributed by atoms with van der Waals surface area (Å²) >= 11 is 0. The number of hydrogen-bond donors (Lipinski definition) is 2. The molecule has 0 unspecified atom stereocenters. The highest BCUT2D eigenvalue weighted by Gasteiger charge is 2.21. The monoisotopic (exact) mass is 285 g/mol. The van der Waals surface area contributed by atoms with Crippen molar-refractivity contribution in [3.05, 3.63) is 0 Å². The summed E-state index contributed by atoms with van der Waals surface area (Å²) in [6.07, 6.45) is 1.98. The fraction of sp³-hybridized carbons (Fsp3) is 0.857. The Balaban J connectivity index is 2.29. The second-order valence-corrected chi connectivity index (χ2v) is 5.82. The van der Waals surface area contributed by atoms with Crippen LogP contribution >= 0.6 is 0 Å². The molecule has 0 saturated carbocycles. The summed E-state index contributed by atoms with van der Waals surface area (Å²) < 4.78 is 5.30. The van der Waals surface area contributed by atoms with E-state index in [0.717, 1.165) is 26.1 Å². The lowest BCUT2D eigenvalue weighted by Crippen LogP contribution is -2.48. The summed E-state index contributed by atoms with van der Waals surface area (Å²) in [5.74, 6) is 0.199. The average Bonchev–Trinajstić information content (AvgIpc) is 2.44. The minimum Gasteiger partial charge on any atom is -0.381 e. The van der Waals surface area contributed by atoms with E-state index in [1.165, 1.54) is 0 Å². The average molecular weight is 285 g/mol. The molecule has 2 amide bonds. The third-order valence-corrected chi connectivity index (χ3v) is 3.73. The number of nitrogens with two attached hydrogens (primary N) is 1. The van der Waals surface area contributed by atoms with E-state index in [2.05, 4.69) is 5.32 Å². The van der Waals surface area contributed by atoms with E-state index < -0.39 is 6.04 Å². The van der Waals surface area contributed by atoms with Gasteiger partial charge in [-0.2, -0.15) is 0 Å². The van der Waals surface area contributed by atoms with Crippen LogP contribution in [0.5, 0.6) is 0 Å². The maximum absolute atomic E-state index is 12.0. The van der Waals surface area contributed by atoms with Gasteiger partial charge in [0.2, 0.25) is 11.8 Å². The van der Waals surface area contributed by atoms with Crippen molar-refractivity contribution in [2.75, 3.05) is 33.4 Å². The van der Waals surface area contributed by atoms with Gasteiger partial charge in [0.1, 0.15) is 0 Å². The second-order valence-electron chi connectivity index (χ2n) is 5.82. The molecule has 116 valence electrons. The highest BCUT2D eigenvalue weighted by atomic mass is 16.5. The molecule has 0 aliphatic carbocycles. The predicted octanol–water partition coefficient (Wildman–Crippen LogP) is -0.0291. The van der Waals surface area contributed by atoms with Crippen molar-refractivity contribution in [1.82, 2.24) is 10.2 Å². The number of carbonyl (C=O) groups is 2. The molecule has 0 aromatic heterocycles. The lowest BCUT2D eigenvalue weighted by atomic mass is 10.00. The molecule has 0 radical (unpaired) electrons. The first-order chi connectivity index (χ1) is 9.41. The standard InChI is InChI=1S/C14H27N3O3/c1-10(2)13(15)14(19)16-8-12(18)17(3)9-11-4-6-20-7-5-11/h10-11,13H,4-9,15H2,1-3H3,(H,16,19)/t13-/m0/s1. The number of amides is 2. The van der Waals surface area contributed by atoms with Gasteiger partial charge in [-0.05, 0) is 24.7 Å². The fourth-order valence-electron chi connectivity index (χ4n) is 2.14. The number of nitrogens with one attached hydrogen (secondary N) is 1. The summed E-state index contributed by atoms with van der Waals surface area (Å²) in [6.45, 7) is 6.03. The summed E-state index contributed by atoms with van der Waals surface area (Å²) in [4.78, 5) is 25.3. The third kappa shape index (κ3) is 5.46. The van der Waals surface area contributed by atoms with Crippen LogP contribution in [0.2, 0.25) is 0 Å². The fourth-order valence-corrected chi connectivity index (χ4v) is 2.14. The zero-order valence-corrected chi connectivity index (χ0v) is 12.7. The molecule has 1 fully saturated rings. The van der Waals surface area contributed by atoms with Gasteiger partial charge in [0.15, 0.2) is 0 Å². The first-order valence-corrected chi connectivity index (χ1v) is 7.26. The zero-order valence-electron chi connectivity index (χ0n) is 12.7. The van der Waals surface area contributed by atoms with Crippen molar-refractivity contribution in [2.24, 2.45) is 17.6 Å². The highest BCUT2D eigenvalue weighted by molar-refractivity contribution is 5.87. The zero-order chi connectivity index (χ0) is 15.1. The largest absolute Gasteiger partial charge is 0.381 e. The van der Waals surface area contributed by atoms with Gasteiger partial charge in [-0.25, -0.2) is 0 Å². The number of rotatable bonds is 6. The Bertz CT molecular complexity index is 328. The van der Waals surface area contributed by atoms with Gasteiger partial charge < -0.3 is 20.7 Å². The molecule has 1 saturated heterocycles. The number of hydrogen-bond acceptors (Lipinski definition) is 4. The molecule has 1 atom stereocenters. The Morgan fingerprint density at radius 3 is 2.50 bits per heavy atom. The maximum Gasteiger partial charge on any atom is 0.241 e. The molecule has 6 heteroatoms. The Labute approximate surface area is 121 Å². The molecular weight excluding hydrogens is 258 g/mol. The minimum atomic E-state index is -0.566. The number of ether oxygens (including phenoxy) is 1. The van der Waals surface area contributed by atoms with Gasteiger partial charge in [-0.1, -0.05) is 13.8 Å². The molecule has 20 heavy (non-hydrogen) atoms. The summed E-state index contributed by atoms with van der Waals surface area (Å²) in [5.41, 5.74) is 5.72. The maximum atomic E-state index is 12.0. The quantitative estimate of drug-likeness (QED) is 0.718. The molecular formula is C14H27N3O3. The SMILES string of the molecule is CC(C)[C@H](N)C(=O)NCC(=O)N(C)CC1CCOCC1. The van der Waals surface area contributed by atoms with Crippen molar-refractivity contribution in [2.45, 2.75) is 32.7 Å². The van der Waals surface area contributed by atoms with Gasteiger partial charge in [-0.15, -0.1) is 0 Å². The molecule has 0 aromatic rings. The van der Waals surface area contributed by atoms with Crippen molar-refractivity contribution >= 4 is 11.8 Å². The van der Waals surface area contributed by atoms with E-state index in [1.54, 1.807) is 11.9 Å². The normalized spacial score (nSPS) is 17.9. The predicted molar refractivity (Wildman–Crippen MR) is 77.0 cm³/mol. The summed E-state index contributed by atoms with van der Waals surface area (Å²) in [5, 5.41) is 2.60. The Morgan fingerprint density at radius 1 is 1.35 bits per heavy atom. The van der Waals surface area contributed by atoms with Crippen LogP contribution in [0.3, 0.4) is 0 Å². The lowest BCUT2D eigenvalue weighted by Gasteiger charge is -2.27. The van der Waals surface area contributed by atoms with Gasteiger partial charge >= 0.3 is 0 Å². The van der Waals surface area contributed by atoms with Gasteiger partial charge in [0, 0.05) is 26.8 Å². The van der Waals surface area contributed by atoms with Crippen LogP contribution in [0.25, 0.3) is 0 Å². The Morgan fingerprint density at radius 2 is 1.95 bits per heavy atom. The minimum absolute atomic E-state index is 0.0129. The molecule has 0 aromatic carbocycles. The van der Waals surface area contributed by atoms with E-state index in [4.69, 9.17) is 10.5 Å². The van der Waals surface area contributed by atoms with Crippen LogP contribution in [0.4, 0.5) is 0 Å². The Kier molecular flexibility index (Phi) is 6.95. The smallest absolute Gasteiger partial charge is 0.241 e. The van der Waals surface area contributed by atoms with Crippen molar-refractivity contribution in [1.29, 1.82) is 0 Å². The molecule has 3 N–H and O–H groups in total. The topological polar surface area (TPSA) is 84.7 Å². The van der Waals surface area contributed by atoms with Gasteiger partial charge in [0.05, 0.1) is 12.6 Å². The molecule has 1 aliphatic rings. The van der Waals surface area contributed by atoms with Crippen LogP contribution in [-0.2, 0) is 14.3 Å². The highest BCUT2D eigenvalue weighted by Crippen LogP contribution is 2.15. The first-order valence-electron chi connectivity index (χ1n) is 7.26. The van der Waals surface area contributed by atoms with E-state index in [-0.39, 0.29) is 24.3 Å². The number of likely N-dealkylation sites (N-methyl/N-ethyl adjacent to an activating group) is 1. The van der Waals surface area contributed by atoms with Gasteiger partial charge in [-0.3, -0.25) is 9.59 Å². The molecule has 1 aliphatic heterocycles. The van der Waals surface area contributed by atoms with Gasteiger partial charge in [0.25, 0.3) is 0 Å². The number of nitrogens with zero attached hydrogens (tertiary/aromatic N) is 1. The lowest BCUT2D eigenvalue weighted by molar-refractivity contribution is -0.133. The van der Waals surface area contributed by atoms with Crippen molar-refractivity contribution < 1.29 is 14.3 Å². The van der Waals surface area contributed by atoms with E-state index in [1.807, 2.05) is 13.8 Å².